The summed E-state index contributed by atoms with van der Waals surface area (Å²) in [5, 5.41) is 12.4. The van der Waals surface area contributed by atoms with E-state index in [1.807, 2.05) is 19.1 Å². The van der Waals surface area contributed by atoms with Gasteiger partial charge in [-0.1, -0.05) is 33.6 Å². The van der Waals surface area contributed by atoms with Crippen molar-refractivity contribution in [1.29, 1.82) is 0 Å². The largest absolute Gasteiger partial charge is 0.507 e. The number of aromatic hydroxyl groups is 1. The number of nitrogens with one attached hydrogen (secondary N) is 1. The van der Waals surface area contributed by atoms with Gasteiger partial charge >= 0.3 is 5.97 Å². The Kier molecular flexibility index (Phi) is 5.39. The molecule has 0 fully saturated rings. The first-order valence-corrected chi connectivity index (χ1v) is 7.73. The van der Waals surface area contributed by atoms with Crippen LogP contribution in [0.4, 0.5) is 5.69 Å². The van der Waals surface area contributed by atoms with Crippen LogP contribution in [0.5, 0.6) is 5.75 Å². The van der Waals surface area contributed by atoms with Gasteiger partial charge in [-0.05, 0) is 44.2 Å². The van der Waals surface area contributed by atoms with Crippen molar-refractivity contribution in [2.45, 2.75) is 20.0 Å². The average molecular weight is 378 g/mol. The number of hydrogen-bond acceptors (Lipinski definition) is 4. The van der Waals surface area contributed by atoms with Gasteiger partial charge in [0.15, 0.2) is 6.10 Å². The number of halogens is 1. The molecular formula is C17H16BrNO4. The first-order chi connectivity index (χ1) is 10.9. The van der Waals surface area contributed by atoms with Crippen molar-refractivity contribution < 1.29 is 19.4 Å². The second-order valence-corrected chi connectivity index (χ2v) is 5.98. The Balaban J connectivity index is 2.01. The van der Waals surface area contributed by atoms with Gasteiger partial charge in [-0.15, -0.1) is 0 Å². The summed E-state index contributed by atoms with van der Waals surface area (Å²) in [6.07, 6.45) is -0.998. The lowest BCUT2D eigenvalue weighted by Gasteiger charge is -2.14. The zero-order chi connectivity index (χ0) is 17.0. The van der Waals surface area contributed by atoms with Crippen LogP contribution in [-0.4, -0.2) is 23.1 Å². The van der Waals surface area contributed by atoms with Crippen LogP contribution in [0.3, 0.4) is 0 Å². The normalized spacial score (nSPS) is 11.6. The Morgan fingerprint density at radius 1 is 1.17 bits per heavy atom. The summed E-state index contributed by atoms with van der Waals surface area (Å²) in [6, 6.07) is 11.7. The van der Waals surface area contributed by atoms with Crippen LogP contribution in [0.2, 0.25) is 0 Å². The standard InChI is InChI=1S/C17H16BrNO4/c1-10-3-6-13(7-4-10)19-16(21)11(2)23-17(22)14-9-12(18)5-8-15(14)20/h3-9,11,20H,1-2H3,(H,19,21). The zero-order valence-electron chi connectivity index (χ0n) is 12.7. The van der Waals surface area contributed by atoms with Gasteiger partial charge in [-0.25, -0.2) is 4.79 Å². The quantitative estimate of drug-likeness (QED) is 0.797. The van der Waals surface area contributed by atoms with Gasteiger partial charge in [-0.2, -0.15) is 0 Å². The average Bonchev–Trinajstić information content (AvgIpc) is 2.51. The Hall–Kier alpha value is -2.34. The van der Waals surface area contributed by atoms with Crippen LogP contribution in [-0.2, 0) is 9.53 Å². The first kappa shape index (κ1) is 17.0. The summed E-state index contributed by atoms with van der Waals surface area (Å²) in [4.78, 5) is 24.1. The molecular weight excluding hydrogens is 362 g/mol. The molecule has 0 saturated heterocycles. The number of carbonyl (C=O) groups excluding carboxylic acids is 2. The van der Waals surface area contributed by atoms with Gasteiger partial charge in [0.1, 0.15) is 11.3 Å². The third-order valence-electron chi connectivity index (χ3n) is 3.15. The van der Waals surface area contributed by atoms with E-state index < -0.39 is 18.0 Å². The van der Waals surface area contributed by atoms with Crippen LogP contribution in [0.15, 0.2) is 46.9 Å². The number of anilines is 1. The molecule has 0 heterocycles. The summed E-state index contributed by atoms with van der Waals surface area (Å²) in [5.74, 6) is -1.42. The minimum absolute atomic E-state index is 0.00522. The van der Waals surface area contributed by atoms with E-state index in [4.69, 9.17) is 4.74 Å². The summed E-state index contributed by atoms with van der Waals surface area (Å²) in [5.41, 5.74) is 1.69. The molecule has 5 nitrogen and oxygen atoms in total. The monoisotopic (exact) mass is 377 g/mol. The smallest absolute Gasteiger partial charge is 0.342 e. The van der Waals surface area contributed by atoms with E-state index in [0.717, 1.165) is 5.56 Å². The summed E-state index contributed by atoms with van der Waals surface area (Å²) in [7, 11) is 0. The van der Waals surface area contributed by atoms with Crippen molar-refractivity contribution in [3.63, 3.8) is 0 Å². The van der Waals surface area contributed by atoms with E-state index in [0.29, 0.717) is 10.2 Å². The lowest BCUT2D eigenvalue weighted by molar-refractivity contribution is -0.123. The van der Waals surface area contributed by atoms with Gasteiger partial charge in [0, 0.05) is 10.2 Å². The first-order valence-electron chi connectivity index (χ1n) is 6.94. The summed E-state index contributed by atoms with van der Waals surface area (Å²) >= 11 is 3.21. The van der Waals surface area contributed by atoms with Crippen LogP contribution in [0.25, 0.3) is 0 Å². The number of hydrogen-bond donors (Lipinski definition) is 2. The molecule has 1 unspecified atom stereocenters. The molecule has 6 heteroatoms. The number of esters is 1. The number of ether oxygens (including phenoxy) is 1. The number of benzene rings is 2. The third-order valence-corrected chi connectivity index (χ3v) is 3.64. The van der Waals surface area contributed by atoms with E-state index in [1.165, 1.54) is 19.1 Å². The molecule has 1 amide bonds. The maximum atomic E-state index is 12.1. The van der Waals surface area contributed by atoms with Crippen LogP contribution in [0.1, 0.15) is 22.8 Å². The summed E-state index contributed by atoms with van der Waals surface area (Å²) in [6.45, 7) is 3.41. The minimum Gasteiger partial charge on any atom is -0.507 e. The molecule has 0 spiro atoms. The predicted molar refractivity (Wildman–Crippen MR) is 90.5 cm³/mol. The highest BCUT2D eigenvalue weighted by Gasteiger charge is 2.21. The molecule has 0 aromatic heterocycles. The van der Waals surface area contributed by atoms with Crippen LogP contribution in [0, 0.1) is 6.92 Å². The van der Waals surface area contributed by atoms with E-state index in [-0.39, 0.29) is 11.3 Å². The van der Waals surface area contributed by atoms with Crippen molar-refractivity contribution >= 4 is 33.5 Å². The van der Waals surface area contributed by atoms with Crippen LogP contribution < -0.4 is 5.32 Å². The van der Waals surface area contributed by atoms with Gasteiger partial charge in [0.05, 0.1) is 0 Å². The van der Waals surface area contributed by atoms with Gasteiger partial charge in [0.2, 0.25) is 0 Å². The molecule has 2 aromatic carbocycles. The number of phenolic OH excluding ortho intramolecular Hbond substituents is 1. The fraction of sp³-hybridized carbons (Fsp3) is 0.176. The Morgan fingerprint density at radius 3 is 2.48 bits per heavy atom. The third kappa shape index (κ3) is 4.56. The molecule has 0 aliphatic heterocycles. The fourth-order valence-corrected chi connectivity index (χ4v) is 2.19. The highest BCUT2D eigenvalue weighted by atomic mass is 79.9. The number of carbonyl (C=O) groups is 2. The van der Waals surface area contributed by atoms with Crippen LogP contribution >= 0.6 is 15.9 Å². The number of rotatable bonds is 4. The SMILES string of the molecule is Cc1ccc(NC(=O)C(C)OC(=O)c2cc(Br)ccc2O)cc1. The van der Waals surface area contributed by atoms with E-state index in [9.17, 15) is 14.7 Å². The second kappa shape index (κ2) is 7.28. The fourth-order valence-electron chi connectivity index (χ4n) is 1.83. The van der Waals surface area contributed by atoms with E-state index in [1.54, 1.807) is 18.2 Å². The van der Waals surface area contributed by atoms with Crippen molar-refractivity contribution in [3.05, 3.63) is 58.1 Å². The Bertz CT molecular complexity index is 728. The Morgan fingerprint density at radius 2 is 1.83 bits per heavy atom. The topological polar surface area (TPSA) is 75.6 Å². The number of phenols is 1. The van der Waals surface area contributed by atoms with Gasteiger partial charge in [-0.3, -0.25) is 4.79 Å². The van der Waals surface area contributed by atoms with Crippen molar-refractivity contribution in [2.24, 2.45) is 0 Å². The molecule has 120 valence electrons. The maximum absolute atomic E-state index is 12.1. The molecule has 2 N–H and O–H groups in total. The lowest BCUT2D eigenvalue weighted by atomic mass is 10.2. The minimum atomic E-state index is -0.998. The molecule has 0 aliphatic rings. The van der Waals surface area contributed by atoms with Gasteiger partial charge < -0.3 is 15.2 Å². The zero-order valence-corrected chi connectivity index (χ0v) is 14.3. The summed E-state index contributed by atoms with van der Waals surface area (Å²) < 4.78 is 5.72. The lowest BCUT2D eigenvalue weighted by Crippen LogP contribution is -2.30. The number of amides is 1. The molecule has 1 atom stereocenters. The molecule has 0 radical (unpaired) electrons. The van der Waals surface area contributed by atoms with E-state index in [2.05, 4.69) is 21.2 Å². The van der Waals surface area contributed by atoms with E-state index >= 15 is 0 Å². The highest BCUT2D eigenvalue weighted by molar-refractivity contribution is 9.10. The number of aryl methyl sites for hydroxylation is 1. The van der Waals surface area contributed by atoms with Crippen molar-refractivity contribution in [3.8, 4) is 5.75 Å². The molecule has 0 bridgehead atoms. The maximum Gasteiger partial charge on any atom is 0.342 e. The molecule has 0 aliphatic carbocycles. The van der Waals surface area contributed by atoms with Crippen molar-refractivity contribution in [1.82, 2.24) is 0 Å². The Labute approximate surface area is 142 Å². The highest BCUT2D eigenvalue weighted by Crippen LogP contribution is 2.23. The molecule has 23 heavy (non-hydrogen) atoms. The second-order valence-electron chi connectivity index (χ2n) is 5.06. The van der Waals surface area contributed by atoms with Gasteiger partial charge in [0.25, 0.3) is 5.91 Å². The molecule has 2 aromatic rings. The predicted octanol–water partition coefficient (Wildman–Crippen LogP) is 3.65. The molecule has 0 saturated carbocycles. The van der Waals surface area contributed by atoms with Crippen molar-refractivity contribution in [2.75, 3.05) is 5.32 Å². The molecule has 2 rings (SSSR count).